The van der Waals surface area contributed by atoms with Crippen molar-refractivity contribution in [3.63, 3.8) is 0 Å². The quantitative estimate of drug-likeness (QED) is 0.493. The summed E-state index contributed by atoms with van der Waals surface area (Å²) < 4.78 is 26.2. The molecule has 0 saturated heterocycles. The van der Waals surface area contributed by atoms with E-state index in [1.165, 1.54) is 43.2 Å². The number of halogens is 1. The van der Waals surface area contributed by atoms with Crippen molar-refractivity contribution >= 4 is 11.9 Å². The molecular weight excluding hydrogens is 453 g/mol. The Morgan fingerprint density at radius 2 is 1.69 bits per heavy atom. The topological polar surface area (TPSA) is 103 Å². The van der Waals surface area contributed by atoms with E-state index in [-0.39, 0.29) is 11.6 Å². The Kier molecular flexibility index (Phi) is 7.33. The third kappa shape index (κ3) is 5.13. The number of rotatable bonds is 8. The van der Waals surface area contributed by atoms with E-state index in [0.29, 0.717) is 28.4 Å². The Morgan fingerprint density at radius 1 is 1.06 bits per heavy atom. The molecule has 2 aromatic carbocycles. The van der Waals surface area contributed by atoms with Crippen molar-refractivity contribution in [3.05, 3.63) is 60.0 Å². The number of methoxy groups -OCH3 is 2. The van der Waals surface area contributed by atoms with Gasteiger partial charge in [-0.25, -0.2) is 13.9 Å². The zero-order valence-corrected chi connectivity index (χ0v) is 19.7. The predicted molar refractivity (Wildman–Crippen MR) is 128 cm³/mol. The standard InChI is InChI=1S/C26H28FN3O5/c1-34-21-9-6-10-22(35-2)23(21)20-15-19(29-30(20)18-13-11-17(27)12-14-18)25(31)28-24(26(32)33)16-7-4-3-5-8-16/h6,9-16,24H,3-5,7-8H2,1-2H3,(H,28,31)(H,32,33)/t24-/m0/s1. The molecule has 2 N–H and O–H groups in total. The number of nitrogens with zero attached hydrogens (tertiary/aromatic N) is 2. The summed E-state index contributed by atoms with van der Waals surface area (Å²) in [6.45, 7) is 0. The average molecular weight is 482 g/mol. The van der Waals surface area contributed by atoms with Crippen LogP contribution in [0.1, 0.15) is 42.6 Å². The molecule has 1 fully saturated rings. The highest BCUT2D eigenvalue weighted by molar-refractivity contribution is 5.96. The van der Waals surface area contributed by atoms with Crippen LogP contribution < -0.4 is 14.8 Å². The molecule has 1 aliphatic carbocycles. The van der Waals surface area contributed by atoms with E-state index in [2.05, 4.69) is 10.4 Å². The van der Waals surface area contributed by atoms with E-state index in [1.54, 1.807) is 24.3 Å². The van der Waals surface area contributed by atoms with Gasteiger partial charge in [0.1, 0.15) is 23.4 Å². The number of carbonyl (C=O) groups is 2. The number of hydrogen-bond acceptors (Lipinski definition) is 5. The van der Waals surface area contributed by atoms with Crippen LogP contribution in [0.3, 0.4) is 0 Å². The first-order chi connectivity index (χ1) is 16.9. The van der Waals surface area contributed by atoms with Gasteiger partial charge in [-0.1, -0.05) is 25.3 Å². The van der Waals surface area contributed by atoms with Gasteiger partial charge in [0.05, 0.1) is 31.2 Å². The van der Waals surface area contributed by atoms with Gasteiger partial charge in [0.25, 0.3) is 5.91 Å². The first-order valence-corrected chi connectivity index (χ1v) is 11.5. The predicted octanol–water partition coefficient (Wildman–Crippen LogP) is 4.46. The molecule has 9 heteroatoms. The molecule has 3 aromatic rings. The van der Waals surface area contributed by atoms with Gasteiger partial charge in [-0.3, -0.25) is 4.79 Å². The number of aromatic nitrogens is 2. The lowest BCUT2D eigenvalue weighted by Crippen LogP contribution is -2.46. The summed E-state index contributed by atoms with van der Waals surface area (Å²) in [6.07, 6.45) is 4.47. The van der Waals surface area contributed by atoms with Gasteiger partial charge in [-0.05, 0) is 61.2 Å². The molecular formula is C26H28FN3O5. The lowest BCUT2D eigenvalue weighted by atomic mass is 9.84. The van der Waals surface area contributed by atoms with Crippen LogP contribution in [0, 0.1) is 11.7 Å². The second-order valence-electron chi connectivity index (χ2n) is 8.53. The maximum atomic E-state index is 13.6. The van der Waals surface area contributed by atoms with Crippen LogP contribution in [0.15, 0.2) is 48.5 Å². The molecule has 1 aliphatic rings. The molecule has 1 atom stereocenters. The minimum atomic E-state index is -1.06. The SMILES string of the molecule is COc1cccc(OC)c1-c1cc(C(=O)N[C@H](C(=O)O)C2CCCCC2)nn1-c1ccc(F)cc1. The number of aliphatic carboxylic acids is 1. The van der Waals surface area contributed by atoms with E-state index in [0.717, 1.165) is 32.1 Å². The summed E-state index contributed by atoms with van der Waals surface area (Å²) in [6, 6.07) is 11.5. The molecule has 184 valence electrons. The zero-order chi connectivity index (χ0) is 24.9. The number of carboxylic acid groups (broad SMARTS) is 1. The third-order valence-corrected chi connectivity index (χ3v) is 6.37. The molecule has 0 unspecified atom stereocenters. The molecule has 8 nitrogen and oxygen atoms in total. The van der Waals surface area contributed by atoms with Crippen LogP contribution >= 0.6 is 0 Å². The number of carbonyl (C=O) groups excluding carboxylic acids is 1. The lowest BCUT2D eigenvalue weighted by Gasteiger charge is -2.27. The highest BCUT2D eigenvalue weighted by atomic mass is 19.1. The maximum Gasteiger partial charge on any atom is 0.326 e. The van der Waals surface area contributed by atoms with Gasteiger partial charge in [0.2, 0.25) is 0 Å². The highest BCUT2D eigenvalue weighted by Gasteiger charge is 2.32. The summed E-state index contributed by atoms with van der Waals surface area (Å²) >= 11 is 0. The smallest absolute Gasteiger partial charge is 0.326 e. The van der Waals surface area contributed by atoms with Gasteiger partial charge in [-0.2, -0.15) is 5.10 Å². The van der Waals surface area contributed by atoms with Crippen LogP contribution in [-0.2, 0) is 4.79 Å². The molecule has 0 spiro atoms. The summed E-state index contributed by atoms with van der Waals surface area (Å²) in [5, 5.41) is 16.9. The number of benzene rings is 2. The van der Waals surface area contributed by atoms with Crippen molar-refractivity contribution < 1.29 is 28.6 Å². The summed E-state index contributed by atoms with van der Waals surface area (Å²) in [5.74, 6) is -1.21. The van der Waals surface area contributed by atoms with E-state index in [9.17, 15) is 19.1 Å². The Hall–Kier alpha value is -3.88. The van der Waals surface area contributed by atoms with Gasteiger partial charge < -0.3 is 19.9 Å². The molecule has 0 bridgehead atoms. The maximum absolute atomic E-state index is 13.6. The fourth-order valence-corrected chi connectivity index (χ4v) is 4.62. The van der Waals surface area contributed by atoms with E-state index >= 15 is 0 Å². The van der Waals surface area contributed by atoms with Crippen molar-refractivity contribution in [2.75, 3.05) is 14.2 Å². The number of carboxylic acids is 1. The third-order valence-electron chi connectivity index (χ3n) is 6.37. The van der Waals surface area contributed by atoms with Crippen molar-refractivity contribution in [1.82, 2.24) is 15.1 Å². The molecule has 1 amide bonds. The molecule has 35 heavy (non-hydrogen) atoms. The minimum absolute atomic E-state index is 0.0272. The van der Waals surface area contributed by atoms with Crippen LogP contribution in [-0.4, -0.2) is 47.0 Å². The minimum Gasteiger partial charge on any atom is -0.496 e. The number of hydrogen-bond donors (Lipinski definition) is 2. The van der Waals surface area contributed by atoms with E-state index in [1.807, 2.05) is 0 Å². The largest absolute Gasteiger partial charge is 0.496 e. The second kappa shape index (κ2) is 10.6. The van der Waals surface area contributed by atoms with E-state index in [4.69, 9.17) is 9.47 Å². The van der Waals surface area contributed by atoms with Crippen LogP contribution in [0.2, 0.25) is 0 Å². The Bertz CT molecular complexity index is 1180. The second-order valence-corrected chi connectivity index (χ2v) is 8.53. The molecule has 1 saturated carbocycles. The molecule has 1 aromatic heterocycles. The van der Waals surface area contributed by atoms with Crippen LogP contribution in [0.25, 0.3) is 16.9 Å². The van der Waals surface area contributed by atoms with Crippen LogP contribution in [0.5, 0.6) is 11.5 Å². The Balaban J connectivity index is 1.78. The fraction of sp³-hybridized carbons (Fsp3) is 0.346. The van der Waals surface area contributed by atoms with Crippen LogP contribution in [0.4, 0.5) is 4.39 Å². The van der Waals surface area contributed by atoms with Crippen molar-refractivity contribution in [2.45, 2.75) is 38.1 Å². The lowest BCUT2D eigenvalue weighted by molar-refractivity contribution is -0.141. The van der Waals surface area contributed by atoms with Crippen molar-refractivity contribution in [2.24, 2.45) is 5.92 Å². The molecule has 1 heterocycles. The number of nitrogens with one attached hydrogen (secondary N) is 1. The molecule has 0 radical (unpaired) electrons. The first kappa shape index (κ1) is 24.3. The highest BCUT2D eigenvalue weighted by Crippen LogP contribution is 2.39. The first-order valence-electron chi connectivity index (χ1n) is 11.5. The summed E-state index contributed by atoms with van der Waals surface area (Å²) in [4.78, 5) is 25.2. The fourth-order valence-electron chi connectivity index (χ4n) is 4.62. The normalized spacial score (nSPS) is 14.8. The number of ether oxygens (including phenoxy) is 2. The summed E-state index contributed by atoms with van der Waals surface area (Å²) in [7, 11) is 3.04. The van der Waals surface area contributed by atoms with Gasteiger partial charge in [0.15, 0.2) is 5.69 Å². The van der Waals surface area contributed by atoms with Gasteiger partial charge >= 0.3 is 5.97 Å². The number of amides is 1. The molecule has 4 rings (SSSR count). The van der Waals surface area contributed by atoms with Gasteiger partial charge in [-0.15, -0.1) is 0 Å². The summed E-state index contributed by atoms with van der Waals surface area (Å²) in [5.41, 5.74) is 1.56. The average Bonchev–Trinajstić information content (AvgIpc) is 3.32. The molecule has 0 aliphatic heterocycles. The van der Waals surface area contributed by atoms with Gasteiger partial charge in [0, 0.05) is 0 Å². The zero-order valence-electron chi connectivity index (χ0n) is 19.7. The Labute approximate surface area is 202 Å². The monoisotopic (exact) mass is 481 g/mol. The van der Waals surface area contributed by atoms with Crippen molar-refractivity contribution in [3.8, 4) is 28.4 Å². The Morgan fingerprint density at radius 3 is 2.26 bits per heavy atom. The van der Waals surface area contributed by atoms with Crippen molar-refractivity contribution in [1.29, 1.82) is 0 Å². The van der Waals surface area contributed by atoms with E-state index < -0.39 is 23.7 Å².